The summed E-state index contributed by atoms with van der Waals surface area (Å²) in [6.45, 7) is 3.39. The molecule has 0 radical (unpaired) electrons. The summed E-state index contributed by atoms with van der Waals surface area (Å²) in [5.74, 6) is -0.642. The van der Waals surface area contributed by atoms with Crippen LogP contribution in [0.5, 0.6) is 5.75 Å². The number of ketones is 1. The van der Waals surface area contributed by atoms with Crippen LogP contribution in [0.15, 0.2) is 46.9 Å². The summed E-state index contributed by atoms with van der Waals surface area (Å²) >= 11 is 3.35. The Labute approximate surface area is 159 Å². The van der Waals surface area contributed by atoms with E-state index in [1.54, 1.807) is 29.2 Å². The molecule has 2 heterocycles. The number of carbonyl (C=O) groups excluding carboxylic acids is 2. The van der Waals surface area contributed by atoms with Gasteiger partial charge in [0, 0.05) is 30.7 Å². The first-order valence-electron chi connectivity index (χ1n) is 8.45. The van der Waals surface area contributed by atoms with E-state index in [2.05, 4.69) is 25.7 Å². The second-order valence-corrected chi connectivity index (χ2v) is 7.37. The predicted octanol–water partition coefficient (Wildman–Crippen LogP) is 2.46. The number of hydrogen-bond donors (Lipinski definition) is 1. The Bertz CT molecular complexity index is 878. The lowest BCUT2D eigenvalue weighted by molar-refractivity contribution is -0.114. The molecule has 0 bridgehead atoms. The summed E-state index contributed by atoms with van der Waals surface area (Å²) in [7, 11) is 0. The van der Waals surface area contributed by atoms with E-state index >= 15 is 0 Å². The van der Waals surface area contributed by atoms with Crippen LogP contribution in [-0.4, -0.2) is 54.5 Å². The molecule has 1 amide bonds. The summed E-state index contributed by atoms with van der Waals surface area (Å²) in [5.41, 5.74) is 1.96. The van der Waals surface area contributed by atoms with E-state index in [0.717, 1.165) is 36.3 Å². The molecule has 2 aliphatic rings. The number of aromatic hydroxyl groups is 1. The van der Waals surface area contributed by atoms with Gasteiger partial charge in [-0.2, -0.15) is 0 Å². The van der Waals surface area contributed by atoms with Gasteiger partial charge in [-0.25, -0.2) is 0 Å². The van der Waals surface area contributed by atoms with Gasteiger partial charge >= 0.3 is 5.91 Å². The maximum absolute atomic E-state index is 12.4. The van der Waals surface area contributed by atoms with Crippen molar-refractivity contribution in [1.82, 2.24) is 4.90 Å². The van der Waals surface area contributed by atoms with Crippen molar-refractivity contribution in [3.05, 3.63) is 52.5 Å². The Morgan fingerprint density at radius 2 is 1.69 bits per heavy atom. The number of hydrogen-bond acceptors (Lipinski definition) is 5. The molecule has 0 spiro atoms. The Kier molecular flexibility index (Phi) is 4.42. The van der Waals surface area contributed by atoms with E-state index in [4.69, 9.17) is 0 Å². The van der Waals surface area contributed by atoms with E-state index in [9.17, 15) is 14.7 Å². The number of amides is 1. The number of Topliss-reactive ketones (excluding diaryl/α,β-unsaturated/α-hetero) is 1. The molecule has 0 aliphatic carbocycles. The molecule has 134 valence electrons. The van der Waals surface area contributed by atoms with E-state index in [1.165, 1.54) is 0 Å². The van der Waals surface area contributed by atoms with Gasteiger partial charge in [-0.1, -0.05) is 28.1 Å². The molecule has 1 fully saturated rings. The summed E-state index contributed by atoms with van der Waals surface area (Å²) in [6, 6.07) is 12.7. The molecule has 0 aromatic heterocycles. The Morgan fingerprint density at radius 1 is 0.962 bits per heavy atom. The number of fused-ring (bicyclic) bond motifs is 1. The topological polar surface area (TPSA) is 64.1 Å². The van der Waals surface area contributed by atoms with Crippen LogP contribution in [0.4, 0.5) is 11.4 Å². The summed E-state index contributed by atoms with van der Waals surface area (Å²) < 4.78 is 0.788. The normalized spacial score (nSPS) is 17.7. The van der Waals surface area contributed by atoms with Crippen molar-refractivity contribution in [2.75, 3.05) is 42.6 Å². The predicted molar refractivity (Wildman–Crippen MR) is 103 cm³/mol. The third kappa shape index (κ3) is 2.97. The molecule has 2 aliphatic heterocycles. The molecule has 26 heavy (non-hydrogen) atoms. The summed E-state index contributed by atoms with van der Waals surface area (Å²) in [5, 5.41) is 10.0. The van der Waals surface area contributed by atoms with Crippen LogP contribution < -0.4 is 9.80 Å². The van der Waals surface area contributed by atoms with Crippen molar-refractivity contribution in [2.45, 2.75) is 0 Å². The van der Waals surface area contributed by atoms with Gasteiger partial charge in [0.1, 0.15) is 5.75 Å². The van der Waals surface area contributed by atoms with Gasteiger partial charge in [-0.15, -0.1) is 0 Å². The number of phenols is 1. The molecule has 2 aromatic carbocycles. The molecule has 2 aromatic rings. The van der Waals surface area contributed by atoms with Crippen molar-refractivity contribution in [1.29, 1.82) is 0 Å². The molecule has 7 heteroatoms. The largest absolute Gasteiger partial charge is 0.506 e. The Balaban J connectivity index is 1.45. The third-order valence-electron chi connectivity index (χ3n) is 4.87. The van der Waals surface area contributed by atoms with Crippen LogP contribution in [0, 0.1) is 0 Å². The maximum atomic E-state index is 12.4. The van der Waals surface area contributed by atoms with E-state index in [0.29, 0.717) is 17.9 Å². The molecule has 0 unspecified atom stereocenters. The minimum Gasteiger partial charge on any atom is -0.506 e. The maximum Gasteiger partial charge on any atom is 0.300 e. The van der Waals surface area contributed by atoms with Crippen LogP contribution >= 0.6 is 15.9 Å². The number of rotatable bonds is 3. The number of carbonyl (C=O) groups is 2. The zero-order valence-corrected chi connectivity index (χ0v) is 15.6. The second kappa shape index (κ2) is 6.74. The highest BCUT2D eigenvalue weighted by Gasteiger charge is 2.37. The zero-order chi connectivity index (χ0) is 18.3. The lowest BCUT2D eigenvalue weighted by Gasteiger charge is -2.37. The average Bonchev–Trinajstić information content (AvgIpc) is 2.87. The number of piperazine rings is 1. The smallest absolute Gasteiger partial charge is 0.300 e. The Hall–Kier alpha value is -2.38. The minimum atomic E-state index is -0.471. The van der Waals surface area contributed by atoms with Crippen LogP contribution in [-0.2, 0) is 4.79 Å². The van der Waals surface area contributed by atoms with Crippen LogP contribution in [0.2, 0.25) is 0 Å². The standard InChI is InChI=1S/C19H18BrN3O3/c20-13-5-6-15-14(11-13)18(25)19(26)23(15)12-21-7-9-22(10-8-21)16-3-1-2-4-17(16)24/h1-6,11,24H,7-10,12H2. The van der Waals surface area contributed by atoms with Gasteiger partial charge in [0.05, 0.1) is 23.6 Å². The SMILES string of the molecule is O=C1C(=O)N(CN2CCN(c3ccccc3O)CC2)c2ccc(Br)cc21. The quantitative estimate of drug-likeness (QED) is 0.780. The molecule has 0 saturated carbocycles. The molecule has 4 rings (SSSR count). The molecular weight excluding hydrogens is 398 g/mol. The van der Waals surface area contributed by atoms with Gasteiger partial charge in [0.15, 0.2) is 0 Å². The fraction of sp³-hybridized carbons (Fsp3) is 0.263. The third-order valence-corrected chi connectivity index (χ3v) is 5.36. The molecule has 1 N–H and O–H groups in total. The van der Waals surface area contributed by atoms with E-state index < -0.39 is 11.7 Å². The van der Waals surface area contributed by atoms with Crippen LogP contribution in [0.3, 0.4) is 0 Å². The van der Waals surface area contributed by atoms with E-state index in [1.807, 2.05) is 18.2 Å². The lowest BCUT2D eigenvalue weighted by Crippen LogP contribution is -2.51. The first-order valence-corrected chi connectivity index (χ1v) is 9.25. The van der Waals surface area contributed by atoms with Gasteiger partial charge in [-0.05, 0) is 30.3 Å². The van der Waals surface area contributed by atoms with Crippen molar-refractivity contribution in [3.8, 4) is 5.75 Å². The lowest BCUT2D eigenvalue weighted by atomic mass is 10.1. The second-order valence-electron chi connectivity index (χ2n) is 6.46. The number of halogens is 1. The highest BCUT2D eigenvalue weighted by molar-refractivity contribution is 9.10. The first kappa shape index (κ1) is 17.1. The minimum absolute atomic E-state index is 0.278. The van der Waals surface area contributed by atoms with Crippen molar-refractivity contribution >= 4 is 39.0 Å². The number of para-hydroxylation sites is 2. The van der Waals surface area contributed by atoms with E-state index in [-0.39, 0.29) is 5.75 Å². The van der Waals surface area contributed by atoms with Crippen LogP contribution in [0.1, 0.15) is 10.4 Å². The first-order chi connectivity index (χ1) is 12.5. The number of benzene rings is 2. The monoisotopic (exact) mass is 415 g/mol. The van der Waals surface area contributed by atoms with Crippen molar-refractivity contribution in [2.24, 2.45) is 0 Å². The zero-order valence-electron chi connectivity index (χ0n) is 14.1. The average molecular weight is 416 g/mol. The van der Waals surface area contributed by atoms with Gasteiger partial charge < -0.3 is 10.0 Å². The highest BCUT2D eigenvalue weighted by atomic mass is 79.9. The fourth-order valence-electron chi connectivity index (χ4n) is 3.47. The molecule has 1 saturated heterocycles. The van der Waals surface area contributed by atoms with Gasteiger partial charge in [0.2, 0.25) is 0 Å². The molecular formula is C19H18BrN3O3. The summed E-state index contributed by atoms with van der Waals surface area (Å²) in [4.78, 5) is 30.4. The molecule has 6 nitrogen and oxygen atoms in total. The van der Waals surface area contributed by atoms with Gasteiger partial charge in [-0.3, -0.25) is 19.4 Å². The number of phenolic OH excluding ortho intramolecular Hbond substituents is 1. The fourth-order valence-corrected chi connectivity index (χ4v) is 3.84. The highest BCUT2D eigenvalue weighted by Crippen LogP contribution is 2.32. The summed E-state index contributed by atoms with van der Waals surface area (Å²) in [6.07, 6.45) is 0. The number of anilines is 2. The van der Waals surface area contributed by atoms with Crippen LogP contribution in [0.25, 0.3) is 0 Å². The Morgan fingerprint density at radius 3 is 2.42 bits per heavy atom. The van der Waals surface area contributed by atoms with Crippen molar-refractivity contribution < 1.29 is 14.7 Å². The molecule has 0 atom stereocenters. The van der Waals surface area contributed by atoms with Gasteiger partial charge in [0.25, 0.3) is 5.78 Å². The number of nitrogens with zero attached hydrogens (tertiary/aromatic N) is 3. The van der Waals surface area contributed by atoms with Crippen molar-refractivity contribution in [3.63, 3.8) is 0 Å².